The summed E-state index contributed by atoms with van der Waals surface area (Å²) in [6.45, 7) is 2.31. The zero-order chi connectivity index (χ0) is 13.0. The molecule has 2 aromatic rings. The van der Waals surface area contributed by atoms with Crippen molar-refractivity contribution in [3.8, 4) is 5.75 Å². The number of para-hydroxylation sites is 1. The fourth-order valence-corrected chi connectivity index (χ4v) is 1.80. The molecule has 18 heavy (non-hydrogen) atoms. The lowest BCUT2D eigenvalue weighted by Crippen LogP contribution is -2.32. The molecule has 2 N–H and O–H groups in total. The summed E-state index contributed by atoms with van der Waals surface area (Å²) in [4.78, 5) is 0. The molecule has 0 spiro atoms. The molecule has 2 aromatic carbocycles. The van der Waals surface area contributed by atoms with Crippen molar-refractivity contribution in [1.82, 2.24) is 0 Å². The standard InChI is InChI=1S/C14H15BO3/c1-11-9-12(7-8-14(11)15(16)17)10-18-13-5-3-2-4-6-13/h2-9,16-17H,10H2,1H3. The Balaban J connectivity index is 2.05. The zero-order valence-electron chi connectivity index (χ0n) is 10.2. The molecule has 0 heterocycles. The van der Waals surface area contributed by atoms with Crippen LogP contribution in [0.25, 0.3) is 0 Å². The highest BCUT2D eigenvalue weighted by molar-refractivity contribution is 6.59. The van der Waals surface area contributed by atoms with Crippen molar-refractivity contribution in [2.75, 3.05) is 0 Å². The fraction of sp³-hybridized carbons (Fsp3) is 0.143. The van der Waals surface area contributed by atoms with Crippen LogP contribution in [0, 0.1) is 6.92 Å². The average molecular weight is 242 g/mol. The van der Waals surface area contributed by atoms with Gasteiger partial charge in [-0.05, 0) is 30.1 Å². The first-order valence-corrected chi connectivity index (χ1v) is 5.80. The van der Waals surface area contributed by atoms with Crippen LogP contribution in [0.3, 0.4) is 0 Å². The number of benzene rings is 2. The Morgan fingerprint density at radius 1 is 1.06 bits per heavy atom. The van der Waals surface area contributed by atoms with Gasteiger partial charge in [-0.3, -0.25) is 0 Å². The van der Waals surface area contributed by atoms with E-state index in [9.17, 15) is 0 Å². The van der Waals surface area contributed by atoms with Crippen LogP contribution in [-0.2, 0) is 6.61 Å². The Morgan fingerprint density at radius 2 is 1.78 bits per heavy atom. The minimum atomic E-state index is -1.42. The molecule has 0 unspecified atom stereocenters. The van der Waals surface area contributed by atoms with Crippen molar-refractivity contribution in [2.24, 2.45) is 0 Å². The zero-order valence-corrected chi connectivity index (χ0v) is 10.2. The van der Waals surface area contributed by atoms with Crippen molar-refractivity contribution in [3.63, 3.8) is 0 Å². The first kappa shape index (κ1) is 12.7. The number of rotatable bonds is 4. The minimum absolute atomic E-state index is 0.465. The molecule has 92 valence electrons. The van der Waals surface area contributed by atoms with Crippen LogP contribution in [0.1, 0.15) is 11.1 Å². The SMILES string of the molecule is Cc1cc(COc2ccccc2)ccc1B(O)O. The van der Waals surface area contributed by atoms with Gasteiger partial charge in [0.15, 0.2) is 0 Å². The van der Waals surface area contributed by atoms with Gasteiger partial charge in [0.25, 0.3) is 0 Å². The maximum atomic E-state index is 9.13. The van der Waals surface area contributed by atoms with E-state index < -0.39 is 7.12 Å². The van der Waals surface area contributed by atoms with Crippen LogP contribution in [0.5, 0.6) is 5.75 Å². The summed E-state index contributed by atoms with van der Waals surface area (Å²) in [5.41, 5.74) is 2.37. The topological polar surface area (TPSA) is 49.7 Å². The lowest BCUT2D eigenvalue weighted by molar-refractivity contribution is 0.306. The number of ether oxygens (including phenoxy) is 1. The van der Waals surface area contributed by atoms with E-state index in [0.29, 0.717) is 12.1 Å². The van der Waals surface area contributed by atoms with Crippen LogP contribution in [0.2, 0.25) is 0 Å². The van der Waals surface area contributed by atoms with E-state index >= 15 is 0 Å². The van der Waals surface area contributed by atoms with Gasteiger partial charge in [0.05, 0.1) is 0 Å². The van der Waals surface area contributed by atoms with Gasteiger partial charge in [-0.25, -0.2) is 0 Å². The van der Waals surface area contributed by atoms with Gasteiger partial charge in [-0.1, -0.05) is 42.0 Å². The molecule has 3 nitrogen and oxygen atoms in total. The second kappa shape index (κ2) is 5.71. The molecule has 0 aromatic heterocycles. The van der Waals surface area contributed by atoms with Crippen molar-refractivity contribution in [2.45, 2.75) is 13.5 Å². The molecule has 0 aliphatic carbocycles. The molecule has 4 heteroatoms. The highest BCUT2D eigenvalue weighted by Gasteiger charge is 2.13. The second-order valence-corrected chi connectivity index (χ2v) is 4.17. The summed E-state index contributed by atoms with van der Waals surface area (Å²) < 4.78 is 5.62. The van der Waals surface area contributed by atoms with Crippen molar-refractivity contribution >= 4 is 12.6 Å². The summed E-state index contributed by atoms with van der Waals surface area (Å²) in [5.74, 6) is 0.821. The molecule has 0 atom stereocenters. The normalized spacial score (nSPS) is 10.2. The van der Waals surface area contributed by atoms with Gasteiger partial charge >= 0.3 is 7.12 Å². The molecule has 2 rings (SSSR count). The summed E-state index contributed by atoms with van der Waals surface area (Å²) in [7, 11) is -1.42. The molecule has 0 amide bonds. The van der Waals surface area contributed by atoms with E-state index in [4.69, 9.17) is 14.8 Å². The summed E-state index contributed by atoms with van der Waals surface area (Å²) in [5, 5.41) is 18.3. The maximum Gasteiger partial charge on any atom is 0.488 e. The Labute approximate surface area is 107 Å². The second-order valence-electron chi connectivity index (χ2n) is 4.17. The Hall–Kier alpha value is -1.78. The van der Waals surface area contributed by atoms with E-state index in [0.717, 1.165) is 16.9 Å². The van der Waals surface area contributed by atoms with Crippen LogP contribution in [-0.4, -0.2) is 17.2 Å². The molecular weight excluding hydrogens is 227 g/mol. The third-order valence-electron chi connectivity index (χ3n) is 2.76. The van der Waals surface area contributed by atoms with E-state index in [1.54, 1.807) is 6.07 Å². The molecule has 0 bridgehead atoms. The molecule has 0 fully saturated rings. The van der Waals surface area contributed by atoms with E-state index in [2.05, 4.69) is 0 Å². The number of hydrogen-bond donors (Lipinski definition) is 2. The predicted octanol–water partition coefficient (Wildman–Crippen LogP) is 1.25. The van der Waals surface area contributed by atoms with Crippen LogP contribution < -0.4 is 10.2 Å². The van der Waals surface area contributed by atoms with Gasteiger partial charge in [0.2, 0.25) is 0 Å². The fourth-order valence-electron chi connectivity index (χ4n) is 1.80. The van der Waals surface area contributed by atoms with E-state index in [-0.39, 0.29) is 0 Å². The number of aryl methyl sites for hydroxylation is 1. The van der Waals surface area contributed by atoms with Crippen molar-refractivity contribution in [1.29, 1.82) is 0 Å². The van der Waals surface area contributed by atoms with Gasteiger partial charge in [-0.15, -0.1) is 0 Å². The Kier molecular flexibility index (Phi) is 4.02. The molecule has 0 radical (unpaired) electrons. The molecule has 0 saturated carbocycles. The van der Waals surface area contributed by atoms with Crippen molar-refractivity contribution < 1.29 is 14.8 Å². The van der Waals surface area contributed by atoms with Gasteiger partial charge < -0.3 is 14.8 Å². The lowest BCUT2D eigenvalue weighted by Gasteiger charge is -2.09. The van der Waals surface area contributed by atoms with Crippen LogP contribution >= 0.6 is 0 Å². The molecular formula is C14H15BO3. The largest absolute Gasteiger partial charge is 0.489 e. The summed E-state index contributed by atoms with van der Waals surface area (Å²) in [6.07, 6.45) is 0. The first-order valence-electron chi connectivity index (χ1n) is 5.80. The molecule has 0 saturated heterocycles. The average Bonchev–Trinajstić information content (AvgIpc) is 2.37. The lowest BCUT2D eigenvalue weighted by atomic mass is 9.77. The van der Waals surface area contributed by atoms with E-state index in [1.807, 2.05) is 49.4 Å². The van der Waals surface area contributed by atoms with Gasteiger partial charge in [-0.2, -0.15) is 0 Å². The minimum Gasteiger partial charge on any atom is -0.489 e. The third-order valence-corrected chi connectivity index (χ3v) is 2.76. The highest BCUT2D eigenvalue weighted by Crippen LogP contribution is 2.12. The first-order chi connectivity index (χ1) is 8.66. The van der Waals surface area contributed by atoms with Gasteiger partial charge in [0.1, 0.15) is 12.4 Å². The van der Waals surface area contributed by atoms with Crippen molar-refractivity contribution in [3.05, 3.63) is 59.7 Å². The highest BCUT2D eigenvalue weighted by atomic mass is 16.5. The smallest absolute Gasteiger partial charge is 0.488 e. The van der Waals surface area contributed by atoms with Crippen LogP contribution in [0.4, 0.5) is 0 Å². The van der Waals surface area contributed by atoms with Crippen LogP contribution in [0.15, 0.2) is 48.5 Å². The Morgan fingerprint density at radius 3 is 2.39 bits per heavy atom. The predicted molar refractivity (Wildman–Crippen MR) is 71.8 cm³/mol. The summed E-state index contributed by atoms with van der Waals surface area (Å²) >= 11 is 0. The summed E-state index contributed by atoms with van der Waals surface area (Å²) in [6, 6.07) is 15.0. The van der Waals surface area contributed by atoms with E-state index in [1.165, 1.54) is 0 Å². The molecule has 0 aliphatic heterocycles. The Bertz CT molecular complexity index is 512. The van der Waals surface area contributed by atoms with Gasteiger partial charge in [0, 0.05) is 0 Å². The third kappa shape index (κ3) is 3.12. The quantitative estimate of drug-likeness (QED) is 0.793. The maximum absolute atomic E-state index is 9.13. The molecule has 0 aliphatic rings. The monoisotopic (exact) mass is 242 g/mol. The number of hydrogen-bond acceptors (Lipinski definition) is 3.